The standard InChI is InChI=1S/C14H21NO.ClH/c1-10(2)9-16-14-6-4-3-5-12(14)13-7-11(13)8-15;/h3-6,10-11,13H,7-9,15H2,1-2H3;1H. The molecule has 1 aromatic rings. The first kappa shape index (κ1) is 14.3. The molecule has 96 valence electrons. The van der Waals surface area contributed by atoms with Gasteiger partial charge in [0.25, 0.3) is 0 Å². The number of halogens is 1. The van der Waals surface area contributed by atoms with Gasteiger partial charge < -0.3 is 10.5 Å². The quantitative estimate of drug-likeness (QED) is 0.877. The summed E-state index contributed by atoms with van der Waals surface area (Å²) >= 11 is 0. The molecule has 0 amide bonds. The number of hydrogen-bond acceptors (Lipinski definition) is 2. The Morgan fingerprint density at radius 3 is 2.65 bits per heavy atom. The average Bonchev–Trinajstić information content (AvgIpc) is 3.06. The van der Waals surface area contributed by atoms with Crippen molar-refractivity contribution >= 4 is 12.4 Å². The van der Waals surface area contributed by atoms with E-state index < -0.39 is 0 Å². The first-order chi connectivity index (χ1) is 7.72. The second-order valence-corrected chi connectivity index (χ2v) is 5.08. The second kappa shape index (κ2) is 6.27. The summed E-state index contributed by atoms with van der Waals surface area (Å²) in [6.07, 6.45) is 1.22. The molecule has 1 aliphatic rings. The first-order valence-corrected chi connectivity index (χ1v) is 6.14. The van der Waals surface area contributed by atoms with Crippen molar-refractivity contribution in [2.24, 2.45) is 17.6 Å². The molecule has 1 aromatic carbocycles. The van der Waals surface area contributed by atoms with Gasteiger partial charge in [0.05, 0.1) is 6.61 Å². The molecule has 2 nitrogen and oxygen atoms in total. The number of nitrogens with two attached hydrogens (primary N) is 1. The molecule has 0 spiro atoms. The van der Waals surface area contributed by atoms with E-state index >= 15 is 0 Å². The van der Waals surface area contributed by atoms with Crippen molar-refractivity contribution in [1.82, 2.24) is 0 Å². The molecule has 1 aliphatic carbocycles. The maximum absolute atomic E-state index is 5.85. The van der Waals surface area contributed by atoms with Crippen LogP contribution in [-0.2, 0) is 0 Å². The van der Waals surface area contributed by atoms with Crippen LogP contribution in [0.25, 0.3) is 0 Å². The van der Waals surface area contributed by atoms with Crippen molar-refractivity contribution in [3.05, 3.63) is 29.8 Å². The van der Waals surface area contributed by atoms with Gasteiger partial charge in [-0.05, 0) is 42.3 Å². The van der Waals surface area contributed by atoms with Crippen LogP contribution < -0.4 is 10.5 Å². The summed E-state index contributed by atoms with van der Waals surface area (Å²) in [7, 11) is 0. The smallest absolute Gasteiger partial charge is 0.122 e. The molecule has 0 aliphatic heterocycles. The summed E-state index contributed by atoms with van der Waals surface area (Å²) in [5.41, 5.74) is 7.04. The molecular formula is C14H22ClNO. The van der Waals surface area contributed by atoms with Crippen molar-refractivity contribution in [2.45, 2.75) is 26.2 Å². The molecule has 3 heteroatoms. The minimum atomic E-state index is 0. The molecule has 1 fully saturated rings. The minimum absolute atomic E-state index is 0. The predicted molar refractivity (Wildman–Crippen MR) is 73.9 cm³/mol. The maximum atomic E-state index is 5.85. The highest BCUT2D eigenvalue weighted by Gasteiger charge is 2.38. The van der Waals surface area contributed by atoms with Gasteiger partial charge in [-0.15, -0.1) is 12.4 Å². The molecule has 17 heavy (non-hydrogen) atoms. The van der Waals surface area contributed by atoms with Crippen molar-refractivity contribution in [3.63, 3.8) is 0 Å². The van der Waals surface area contributed by atoms with E-state index in [9.17, 15) is 0 Å². The molecule has 0 saturated heterocycles. The summed E-state index contributed by atoms with van der Waals surface area (Å²) in [4.78, 5) is 0. The van der Waals surface area contributed by atoms with Crippen LogP contribution in [-0.4, -0.2) is 13.2 Å². The van der Waals surface area contributed by atoms with Crippen LogP contribution in [0.4, 0.5) is 0 Å². The fourth-order valence-corrected chi connectivity index (χ4v) is 2.06. The van der Waals surface area contributed by atoms with Gasteiger partial charge in [0.2, 0.25) is 0 Å². The number of rotatable bonds is 5. The molecule has 2 atom stereocenters. The Morgan fingerprint density at radius 1 is 1.35 bits per heavy atom. The summed E-state index contributed by atoms with van der Waals surface area (Å²) in [5, 5.41) is 0. The first-order valence-electron chi connectivity index (χ1n) is 6.14. The van der Waals surface area contributed by atoms with Crippen LogP contribution in [0.1, 0.15) is 31.7 Å². The van der Waals surface area contributed by atoms with Gasteiger partial charge in [0, 0.05) is 0 Å². The summed E-state index contributed by atoms with van der Waals surface area (Å²) in [6, 6.07) is 8.38. The van der Waals surface area contributed by atoms with Crippen LogP contribution in [0.2, 0.25) is 0 Å². The van der Waals surface area contributed by atoms with Crippen molar-refractivity contribution < 1.29 is 4.74 Å². The lowest BCUT2D eigenvalue weighted by Crippen LogP contribution is -2.07. The topological polar surface area (TPSA) is 35.2 Å². The maximum Gasteiger partial charge on any atom is 0.122 e. The van der Waals surface area contributed by atoms with E-state index in [4.69, 9.17) is 10.5 Å². The third-order valence-corrected chi connectivity index (χ3v) is 3.12. The van der Waals surface area contributed by atoms with Gasteiger partial charge in [-0.3, -0.25) is 0 Å². The molecule has 2 unspecified atom stereocenters. The van der Waals surface area contributed by atoms with Gasteiger partial charge in [0.1, 0.15) is 5.75 Å². The summed E-state index contributed by atoms with van der Waals surface area (Å²) in [5.74, 6) is 2.92. The highest BCUT2D eigenvalue weighted by Crippen LogP contribution is 2.49. The second-order valence-electron chi connectivity index (χ2n) is 5.08. The van der Waals surface area contributed by atoms with Crippen LogP contribution in [0.15, 0.2) is 24.3 Å². The zero-order valence-corrected chi connectivity index (χ0v) is 11.4. The number of hydrogen-bond donors (Lipinski definition) is 1. The van der Waals surface area contributed by atoms with Crippen molar-refractivity contribution in [1.29, 1.82) is 0 Å². The lowest BCUT2D eigenvalue weighted by molar-refractivity contribution is 0.268. The normalized spacial score (nSPS) is 22.1. The Morgan fingerprint density at radius 2 is 2.06 bits per heavy atom. The zero-order chi connectivity index (χ0) is 11.5. The van der Waals surface area contributed by atoms with Crippen LogP contribution in [0.3, 0.4) is 0 Å². The molecule has 2 rings (SSSR count). The largest absolute Gasteiger partial charge is 0.493 e. The fraction of sp³-hybridized carbons (Fsp3) is 0.571. The van der Waals surface area contributed by atoms with Crippen LogP contribution in [0, 0.1) is 11.8 Å². The average molecular weight is 256 g/mol. The van der Waals surface area contributed by atoms with Crippen molar-refractivity contribution in [2.75, 3.05) is 13.2 Å². The molecular weight excluding hydrogens is 234 g/mol. The van der Waals surface area contributed by atoms with E-state index in [2.05, 4.69) is 32.0 Å². The third-order valence-electron chi connectivity index (χ3n) is 3.12. The van der Waals surface area contributed by atoms with E-state index in [0.717, 1.165) is 18.9 Å². The number of ether oxygens (including phenoxy) is 1. The van der Waals surface area contributed by atoms with Crippen LogP contribution in [0.5, 0.6) is 5.75 Å². The lowest BCUT2D eigenvalue weighted by atomic mass is 10.1. The Balaban J connectivity index is 0.00000144. The van der Waals surface area contributed by atoms with Crippen molar-refractivity contribution in [3.8, 4) is 5.75 Å². The predicted octanol–water partition coefficient (Wildman–Crippen LogP) is 3.21. The van der Waals surface area contributed by atoms with E-state index in [1.807, 2.05) is 6.07 Å². The van der Waals surface area contributed by atoms with E-state index in [-0.39, 0.29) is 12.4 Å². The highest BCUT2D eigenvalue weighted by atomic mass is 35.5. The molecule has 1 saturated carbocycles. The number of benzene rings is 1. The third kappa shape index (κ3) is 3.62. The summed E-state index contributed by atoms with van der Waals surface area (Å²) < 4.78 is 5.85. The lowest BCUT2D eigenvalue weighted by Gasteiger charge is -2.12. The Labute approximate surface area is 110 Å². The van der Waals surface area contributed by atoms with Gasteiger partial charge in [-0.2, -0.15) is 0 Å². The Hall–Kier alpha value is -0.730. The van der Waals surface area contributed by atoms with Gasteiger partial charge in [-0.25, -0.2) is 0 Å². The highest BCUT2D eigenvalue weighted by molar-refractivity contribution is 5.85. The van der Waals surface area contributed by atoms with Gasteiger partial charge in [0.15, 0.2) is 0 Å². The molecule has 0 bridgehead atoms. The minimum Gasteiger partial charge on any atom is -0.493 e. The van der Waals surface area contributed by atoms with E-state index in [1.165, 1.54) is 12.0 Å². The molecule has 2 N–H and O–H groups in total. The Bertz CT molecular complexity index is 354. The van der Waals surface area contributed by atoms with E-state index in [0.29, 0.717) is 17.8 Å². The van der Waals surface area contributed by atoms with Gasteiger partial charge >= 0.3 is 0 Å². The fourth-order valence-electron chi connectivity index (χ4n) is 2.06. The van der Waals surface area contributed by atoms with Gasteiger partial charge in [-0.1, -0.05) is 32.0 Å². The monoisotopic (exact) mass is 255 g/mol. The van der Waals surface area contributed by atoms with E-state index in [1.54, 1.807) is 0 Å². The zero-order valence-electron chi connectivity index (χ0n) is 10.6. The molecule has 0 heterocycles. The Kier molecular flexibility index (Phi) is 5.29. The molecule has 0 radical (unpaired) electrons. The SMILES string of the molecule is CC(C)COc1ccccc1C1CC1CN.Cl. The summed E-state index contributed by atoms with van der Waals surface area (Å²) in [6.45, 7) is 5.92. The number of para-hydroxylation sites is 1. The molecule has 0 aromatic heterocycles. The van der Waals surface area contributed by atoms with Crippen LogP contribution >= 0.6 is 12.4 Å².